The van der Waals surface area contributed by atoms with Gasteiger partial charge in [-0.2, -0.15) is 0 Å². The van der Waals surface area contributed by atoms with E-state index in [1.807, 2.05) is 0 Å². The summed E-state index contributed by atoms with van der Waals surface area (Å²) in [5, 5.41) is 0. The van der Waals surface area contributed by atoms with Crippen LogP contribution in [0.5, 0.6) is 11.5 Å². The normalized spacial score (nSPS) is 14.9. The maximum absolute atomic E-state index is 12.7. The summed E-state index contributed by atoms with van der Waals surface area (Å²) in [7, 11) is 1.44. The summed E-state index contributed by atoms with van der Waals surface area (Å²) in [5.41, 5.74) is -0.326. The van der Waals surface area contributed by atoms with Gasteiger partial charge in [-0.3, -0.25) is 9.59 Å². The van der Waals surface area contributed by atoms with Crippen LogP contribution in [0.25, 0.3) is 0 Å². The zero-order valence-electron chi connectivity index (χ0n) is 16.4. The zero-order valence-corrected chi connectivity index (χ0v) is 16.4. The van der Waals surface area contributed by atoms with E-state index in [-0.39, 0.29) is 12.6 Å². The van der Waals surface area contributed by atoms with Gasteiger partial charge in [0.05, 0.1) is 11.5 Å². The molecular formula is C19H25NO7. The molecule has 148 valence electrons. The Bertz CT molecular complexity index is 738. The molecule has 1 aromatic carbocycles. The highest BCUT2D eigenvalue weighted by Gasteiger charge is 2.29. The minimum absolute atomic E-state index is 0.111. The SMILES string of the molecule is CC(OC(=O)N(C)C(C)C(=O)c1ccc2c(c1)OCO2)OC(=O)C(C)(C)C. The first-order valence-electron chi connectivity index (χ1n) is 8.59. The lowest BCUT2D eigenvalue weighted by Gasteiger charge is -2.26. The second kappa shape index (κ2) is 7.85. The zero-order chi connectivity index (χ0) is 20.4. The van der Waals surface area contributed by atoms with Crippen molar-refractivity contribution in [2.45, 2.75) is 47.0 Å². The molecule has 0 saturated carbocycles. The Morgan fingerprint density at radius 1 is 1.07 bits per heavy atom. The second-order valence-corrected chi connectivity index (χ2v) is 7.33. The molecule has 2 rings (SSSR count). The molecule has 27 heavy (non-hydrogen) atoms. The summed E-state index contributed by atoms with van der Waals surface area (Å²) >= 11 is 0. The third kappa shape index (κ3) is 4.90. The number of Topliss-reactive ketones (excluding diaryl/α,β-unsaturated/α-hetero) is 1. The van der Waals surface area contributed by atoms with Crippen molar-refractivity contribution in [1.82, 2.24) is 4.90 Å². The lowest BCUT2D eigenvalue weighted by molar-refractivity contribution is -0.175. The molecule has 1 aliphatic heterocycles. The van der Waals surface area contributed by atoms with Crippen molar-refractivity contribution in [3.63, 3.8) is 0 Å². The van der Waals surface area contributed by atoms with E-state index in [1.165, 1.54) is 14.0 Å². The Morgan fingerprint density at radius 2 is 1.70 bits per heavy atom. The standard InChI is InChI=1S/C19H25NO7/c1-11(16(21)13-7-8-14-15(9-13)25-10-24-14)20(6)18(23)27-12(2)26-17(22)19(3,4)5/h7-9,11-12H,10H2,1-6H3. The molecule has 1 heterocycles. The number of benzene rings is 1. The van der Waals surface area contributed by atoms with E-state index in [0.29, 0.717) is 17.1 Å². The molecule has 1 aromatic rings. The topological polar surface area (TPSA) is 91.4 Å². The Labute approximate surface area is 158 Å². The molecule has 1 amide bonds. The average Bonchev–Trinajstić information content (AvgIpc) is 3.06. The Balaban J connectivity index is 1.97. The lowest BCUT2D eigenvalue weighted by atomic mass is 9.97. The van der Waals surface area contributed by atoms with Crippen molar-refractivity contribution >= 4 is 17.8 Å². The second-order valence-electron chi connectivity index (χ2n) is 7.33. The highest BCUT2D eigenvalue weighted by atomic mass is 16.7. The van der Waals surface area contributed by atoms with Crippen molar-refractivity contribution in [2.75, 3.05) is 13.8 Å². The molecule has 0 saturated heterocycles. The minimum Gasteiger partial charge on any atom is -0.454 e. The van der Waals surface area contributed by atoms with E-state index in [9.17, 15) is 14.4 Å². The summed E-state index contributed by atoms with van der Waals surface area (Å²) in [6, 6.07) is 4.05. The number of likely N-dealkylation sites (N-methyl/N-ethyl adjacent to an activating group) is 1. The summed E-state index contributed by atoms with van der Waals surface area (Å²) in [5.74, 6) is 0.282. The molecule has 0 bridgehead atoms. The van der Waals surface area contributed by atoms with Gasteiger partial charge in [-0.05, 0) is 45.9 Å². The van der Waals surface area contributed by atoms with E-state index in [2.05, 4.69) is 0 Å². The van der Waals surface area contributed by atoms with Gasteiger partial charge < -0.3 is 23.8 Å². The predicted octanol–water partition coefficient (Wildman–Crippen LogP) is 2.99. The van der Waals surface area contributed by atoms with Crippen LogP contribution in [0.4, 0.5) is 4.79 Å². The maximum atomic E-state index is 12.7. The molecule has 0 spiro atoms. The fourth-order valence-electron chi connectivity index (χ4n) is 2.20. The van der Waals surface area contributed by atoms with Crippen LogP contribution in [0, 0.1) is 5.41 Å². The van der Waals surface area contributed by atoms with Gasteiger partial charge in [-0.15, -0.1) is 0 Å². The highest BCUT2D eigenvalue weighted by Crippen LogP contribution is 2.33. The van der Waals surface area contributed by atoms with Crippen LogP contribution in [0.2, 0.25) is 0 Å². The van der Waals surface area contributed by atoms with Crippen molar-refractivity contribution in [3.8, 4) is 11.5 Å². The van der Waals surface area contributed by atoms with E-state index in [1.54, 1.807) is 45.9 Å². The minimum atomic E-state index is -1.07. The maximum Gasteiger partial charge on any atom is 0.413 e. The summed E-state index contributed by atoms with van der Waals surface area (Å²) in [6.45, 7) is 8.23. The summed E-state index contributed by atoms with van der Waals surface area (Å²) in [4.78, 5) is 37.9. The fourth-order valence-corrected chi connectivity index (χ4v) is 2.20. The first kappa shape index (κ1) is 20.5. The molecule has 0 fully saturated rings. The molecule has 1 aliphatic rings. The largest absolute Gasteiger partial charge is 0.454 e. The number of carbonyl (C=O) groups is 3. The number of nitrogens with zero attached hydrogens (tertiary/aromatic N) is 1. The molecule has 0 aromatic heterocycles. The van der Waals surface area contributed by atoms with Crippen molar-refractivity contribution in [1.29, 1.82) is 0 Å². The molecular weight excluding hydrogens is 354 g/mol. The molecule has 2 atom stereocenters. The Kier molecular flexibility index (Phi) is 5.98. The van der Waals surface area contributed by atoms with Gasteiger partial charge in [0.2, 0.25) is 13.1 Å². The van der Waals surface area contributed by atoms with Gasteiger partial charge in [0.1, 0.15) is 0 Å². The number of rotatable bonds is 5. The number of esters is 1. The quantitative estimate of drug-likeness (QED) is 0.441. The highest BCUT2D eigenvalue weighted by molar-refractivity contribution is 6.01. The number of ether oxygens (including phenoxy) is 4. The van der Waals surface area contributed by atoms with Crippen LogP contribution in [0.1, 0.15) is 45.0 Å². The van der Waals surface area contributed by atoms with Gasteiger partial charge in [0, 0.05) is 19.5 Å². The summed E-state index contributed by atoms with van der Waals surface area (Å²) in [6.07, 6.45) is -1.84. The predicted molar refractivity (Wildman–Crippen MR) is 95.6 cm³/mol. The molecule has 0 radical (unpaired) electrons. The first-order chi connectivity index (χ1) is 12.5. The molecule has 0 N–H and O–H groups in total. The van der Waals surface area contributed by atoms with Gasteiger partial charge in [0.25, 0.3) is 0 Å². The van der Waals surface area contributed by atoms with Crippen LogP contribution < -0.4 is 9.47 Å². The molecule has 0 aliphatic carbocycles. The van der Waals surface area contributed by atoms with Gasteiger partial charge >= 0.3 is 12.1 Å². The van der Waals surface area contributed by atoms with Crippen LogP contribution in [-0.4, -0.2) is 48.9 Å². The van der Waals surface area contributed by atoms with E-state index >= 15 is 0 Å². The van der Waals surface area contributed by atoms with E-state index in [4.69, 9.17) is 18.9 Å². The van der Waals surface area contributed by atoms with Crippen LogP contribution in [0.15, 0.2) is 18.2 Å². The van der Waals surface area contributed by atoms with Gasteiger partial charge in [-0.1, -0.05) is 0 Å². The lowest BCUT2D eigenvalue weighted by Crippen LogP contribution is -2.42. The van der Waals surface area contributed by atoms with E-state index < -0.39 is 29.8 Å². The van der Waals surface area contributed by atoms with E-state index in [0.717, 1.165) is 4.90 Å². The smallest absolute Gasteiger partial charge is 0.413 e. The molecule has 8 nitrogen and oxygen atoms in total. The first-order valence-corrected chi connectivity index (χ1v) is 8.59. The number of carbonyl (C=O) groups excluding carboxylic acids is 3. The number of amides is 1. The number of hydrogen-bond acceptors (Lipinski definition) is 7. The molecule has 8 heteroatoms. The van der Waals surface area contributed by atoms with Crippen LogP contribution >= 0.6 is 0 Å². The number of ketones is 1. The van der Waals surface area contributed by atoms with Crippen LogP contribution in [-0.2, 0) is 14.3 Å². The van der Waals surface area contributed by atoms with Crippen molar-refractivity contribution in [3.05, 3.63) is 23.8 Å². The third-order valence-electron chi connectivity index (χ3n) is 4.06. The van der Waals surface area contributed by atoms with Crippen molar-refractivity contribution in [2.24, 2.45) is 5.41 Å². The Morgan fingerprint density at radius 3 is 2.33 bits per heavy atom. The Hall–Kier alpha value is -2.77. The summed E-state index contributed by atoms with van der Waals surface area (Å²) < 4.78 is 20.7. The van der Waals surface area contributed by atoms with Crippen LogP contribution in [0.3, 0.4) is 0 Å². The number of fused-ring (bicyclic) bond motifs is 1. The van der Waals surface area contributed by atoms with Gasteiger partial charge in [-0.25, -0.2) is 4.79 Å². The fraction of sp³-hybridized carbons (Fsp3) is 0.526. The van der Waals surface area contributed by atoms with Crippen molar-refractivity contribution < 1.29 is 33.3 Å². The van der Waals surface area contributed by atoms with Gasteiger partial charge in [0.15, 0.2) is 17.3 Å². The number of hydrogen-bond donors (Lipinski definition) is 0. The monoisotopic (exact) mass is 379 g/mol. The average molecular weight is 379 g/mol. The molecule has 2 unspecified atom stereocenters. The third-order valence-corrected chi connectivity index (χ3v) is 4.06.